The van der Waals surface area contributed by atoms with Crippen molar-refractivity contribution < 1.29 is 18.3 Å². The quantitative estimate of drug-likeness (QED) is 0.864. The highest BCUT2D eigenvalue weighted by molar-refractivity contribution is 6.06. The number of fused-ring (bicyclic) bond motifs is 1. The van der Waals surface area contributed by atoms with Gasteiger partial charge in [0, 0.05) is 25.3 Å². The molecule has 0 spiro atoms. The number of nitrogens with zero attached hydrogens (tertiary/aromatic N) is 1. The van der Waals surface area contributed by atoms with Crippen LogP contribution in [0.4, 0.5) is 14.5 Å². The van der Waals surface area contributed by atoms with Gasteiger partial charge in [0.2, 0.25) is 0 Å². The van der Waals surface area contributed by atoms with Crippen molar-refractivity contribution in [3.63, 3.8) is 0 Å². The lowest BCUT2D eigenvalue weighted by atomic mass is 10.00. The fourth-order valence-electron chi connectivity index (χ4n) is 2.90. The lowest BCUT2D eigenvalue weighted by Gasteiger charge is -2.29. The molecule has 120 valence electrons. The predicted molar refractivity (Wildman–Crippen MR) is 83.5 cm³/mol. The molecule has 0 fully saturated rings. The van der Waals surface area contributed by atoms with E-state index in [-0.39, 0.29) is 5.91 Å². The smallest absolute Gasteiger partial charge is 0.258 e. The summed E-state index contributed by atoms with van der Waals surface area (Å²) in [7, 11) is 1.59. The molecule has 5 heteroatoms. The zero-order valence-electron chi connectivity index (χ0n) is 12.8. The molecule has 0 radical (unpaired) electrons. The molecule has 3 rings (SSSR count). The Balaban J connectivity index is 1.95. The highest BCUT2D eigenvalue weighted by atomic mass is 19.2. The normalized spacial score (nSPS) is 13.8. The highest BCUT2D eigenvalue weighted by Gasteiger charge is 2.25. The van der Waals surface area contributed by atoms with E-state index in [0.29, 0.717) is 36.4 Å². The largest absolute Gasteiger partial charge is 0.380 e. The van der Waals surface area contributed by atoms with Crippen molar-refractivity contribution in [1.29, 1.82) is 0 Å². The molecule has 0 bridgehead atoms. The number of anilines is 1. The van der Waals surface area contributed by atoms with Gasteiger partial charge in [0.1, 0.15) is 0 Å². The third kappa shape index (κ3) is 3.10. The summed E-state index contributed by atoms with van der Waals surface area (Å²) >= 11 is 0. The third-order valence-electron chi connectivity index (χ3n) is 3.97. The summed E-state index contributed by atoms with van der Waals surface area (Å²) in [6.07, 6.45) is 1.36. The number of hydrogen-bond donors (Lipinski definition) is 0. The summed E-state index contributed by atoms with van der Waals surface area (Å²) in [5.74, 6) is -2.02. The molecule has 0 unspecified atom stereocenters. The molecular weight excluding hydrogens is 300 g/mol. The van der Waals surface area contributed by atoms with Crippen LogP contribution >= 0.6 is 0 Å². The van der Waals surface area contributed by atoms with E-state index in [1.807, 2.05) is 6.07 Å². The Morgan fingerprint density at radius 2 is 2.00 bits per heavy atom. The Hall–Kier alpha value is -2.27. The maximum Gasteiger partial charge on any atom is 0.258 e. The van der Waals surface area contributed by atoms with E-state index in [2.05, 4.69) is 0 Å². The Labute approximate surface area is 133 Å². The molecule has 1 aliphatic rings. The van der Waals surface area contributed by atoms with Crippen LogP contribution in [0.1, 0.15) is 27.9 Å². The zero-order chi connectivity index (χ0) is 16.4. The van der Waals surface area contributed by atoms with Gasteiger partial charge >= 0.3 is 0 Å². The van der Waals surface area contributed by atoms with Gasteiger partial charge in [-0.25, -0.2) is 8.78 Å². The molecule has 0 aliphatic carbocycles. The second-order valence-electron chi connectivity index (χ2n) is 5.59. The van der Waals surface area contributed by atoms with Gasteiger partial charge < -0.3 is 9.64 Å². The topological polar surface area (TPSA) is 29.5 Å². The summed E-state index contributed by atoms with van der Waals surface area (Å²) in [5, 5.41) is 0. The molecule has 2 aromatic carbocycles. The number of carbonyl (C=O) groups is 1. The summed E-state index contributed by atoms with van der Waals surface area (Å²) in [4.78, 5) is 14.3. The minimum Gasteiger partial charge on any atom is -0.380 e. The van der Waals surface area contributed by atoms with Crippen molar-refractivity contribution in [2.24, 2.45) is 0 Å². The SMILES string of the molecule is COCc1cccc(C(=O)N2CCCc3cc(F)c(F)cc32)c1. The molecule has 23 heavy (non-hydrogen) atoms. The molecule has 1 aliphatic heterocycles. The number of carbonyl (C=O) groups excluding carboxylic acids is 1. The lowest BCUT2D eigenvalue weighted by Crippen LogP contribution is -2.35. The van der Waals surface area contributed by atoms with Crippen LogP contribution in [0.3, 0.4) is 0 Å². The lowest BCUT2D eigenvalue weighted by molar-refractivity contribution is 0.0984. The fourth-order valence-corrected chi connectivity index (χ4v) is 2.90. The second-order valence-corrected chi connectivity index (χ2v) is 5.59. The Morgan fingerprint density at radius 3 is 2.78 bits per heavy atom. The van der Waals surface area contributed by atoms with Crippen molar-refractivity contribution in [2.75, 3.05) is 18.6 Å². The average molecular weight is 317 g/mol. The van der Waals surface area contributed by atoms with Crippen molar-refractivity contribution in [3.05, 3.63) is 64.7 Å². The molecule has 0 N–H and O–H groups in total. The van der Waals surface area contributed by atoms with Gasteiger partial charge in [-0.05, 0) is 42.2 Å². The molecule has 1 amide bonds. The maximum atomic E-state index is 13.6. The molecular formula is C18H17F2NO2. The predicted octanol–water partition coefficient (Wildman–Crippen LogP) is 3.70. The first kappa shape index (κ1) is 15.6. The van der Waals surface area contributed by atoms with Gasteiger partial charge in [-0.2, -0.15) is 0 Å². The van der Waals surface area contributed by atoms with E-state index in [9.17, 15) is 13.6 Å². The highest BCUT2D eigenvalue weighted by Crippen LogP contribution is 2.30. The van der Waals surface area contributed by atoms with E-state index in [1.54, 1.807) is 25.3 Å². The number of amides is 1. The van der Waals surface area contributed by atoms with Crippen LogP contribution in [0.5, 0.6) is 0 Å². The average Bonchev–Trinajstić information content (AvgIpc) is 2.55. The van der Waals surface area contributed by atoms with E-state index < -0.39 is 11.6 Å². The van der Waals surface area contributed by atoms with Crippen LogP contribution in [0.2, 0.25) is 0 Å². The van der Waals surface area contributed by atoms with Crippen LogP contribution in [0, 0.1) is 11.6 Å². The first-order chi connectivity index (χ1) is 11.1. The van der Waals surface area contributed by atoms with Gasteiger partial charge in [-0.3, -0.25) is 4.79 Å². The van der Waals surface area contributed by atoms with Crippen LogP contribution in [0.15, 0.2) is 36.4 Å². The van der Waals surface area contributed by atoms with E-state index in [4.69, 9.17) is 4.74 Å². The second kappa shape index (κ2) is 6.46. The summed E-state index contributed by atoms with van der Waals surface area (Å²) in [6.45, 7) is 0.906. The van der Waals surface area contributed by atoms with Crippen molar-refractivity contribution in [2.45, 2.75) is 19.4 Å². The van der Waals surface area contributed by atoms with Crippen molar-refractivity contribution in [1.82, 2.24) is 0 Å². The summed E-state index contributed by atoms with van der Waals surface area (Å²) < 4.78 is 32.1. The van der Waals surface area contributed by atoms with Gasteiger partial charge in [0.15, 0.2) is 11.6 Å². The number of benzene rings is 2. The Morgan fingerprint density at radius 1 is 1.22 bits per heavy atom. The Bertz CT molecular complexity index is 746. The first-order valence-electron chi connectivity index (χ1n) is 7.48. The summed E-state index contributed by atoms with van der Waals surface area (Å²) in [6, 6.07) is 9.44. The number of aryl methyl sites for hydroxylation is 1. The van der Waals surface area contributed by atoms with Crippen LogP contribution in [-0.2, 0) is 17.8 Å². The number of rotatable bonds is 3. The molecule has 0 aromatic heterocycles. The van der Waals surface area contributed by atoms with Gasteiger partial charge in [-0.15, -0.1) is 0 Å². The first-order valence-corrected chi connectivity index (χ1v) is 7.48. The fraction of sp³-hybridized carbons (Fsp3) is 0.278. The van der Waals surface area contributed by atoms with Crippen LogP contribution in [-0.4, -0.2) is 19.6 Å². The van der Waals surface area contributed by atoms with Gasteiger partial charge in [0.05, 0.1) is 12.3 Å². The number of hydrogen-bond acceptors (Lipinski definition) is 2. The molecule has 0 atom stereocenters. The third-order valence-corrected chi connectivity index (χ3v) is 3.97. The van der Waals surface area contributed by atoms with Gasteiger partial charge in [0.25, 0.3) is 5.91 Å². The maximum absolute atomic E-state index is 13.6. The summed E-state index contributed by atoms with van der Waals surface area (Å²) in [5.41, 5.74) is 2.52. The molecule has 0 saturated carbocycles. The van der Waals surface area contributed by atoms with E-state index in [1.165, 1.54) is 11.0 Å². The van der Waals surface area contributed by atoms with E-state index in [0.717, 1.165) is 18.1 Å². The van der Waals surface area contributed by atoms with Crippen LogP contribution < -0.4 is 4.90 Å². The van der Waals surface area contributed by atoms with Crippen LogP contribution in [0.25, 0.3) is 0 Å². The standard InChI is InChI=1S/C18H17F2NO2/c1-23-11-12-4-2-5-14(8-12)18(22)21-7-3-6-13-9-15(19)16(20)10-17(13)21/h2,4-5,8-10H,3,6-7,11H2,1H3. The zero-order valence-corrected chi connectivity index (χ0v) is 12.8. The molecule has 1 heterocycles. The van der Waals surface area contributed by atoms with Crippen molar-refractivity contribution in [3.8, 4) is 0 Å². The monoisotopic (exact) mass is 317 g/mol. The van der Waals surface area contributed by atoms with Crippen molar-refractivity contribution >= 4 is 11.6 Å². The molecule has 3 nitrogen and oxygen atoms in total. The minimum absolute atomic E-state index is 0.213. The van der Waals surface area contributed by atoms with E-state index >= 15 is 0 Å². The number of methoxy groups -OCH3 is 1. The molecule has 2 aromatic rings. The van der Waals surface area contributed by atoms with Gasteiger partial charge in [-0.1, -0.05) is 12.1 Å². The minimum atomic E-state index is -0.934. The number of ether oxygens (including phenoxy) is 1. The molecule has 0 saturated heterocycles. The Kier molecular flexibility index (Phi) is 4.39. The number of halogens is 2.